The van der Waals surface area contributed by atoms with Crippen LogP contribution in [0.15, 0.2) is 91.0 Å². The van der Waals surface area contributed by atoms with Gasteiger partial charge in [-0.25, -0.2) is 0 Å². The van der Waals surface area contributed by atoms with Gasteiger partial charge < -0.3 is 14.9 Å². The van der Waals surface area contributed by atoms with Crippen molar-refractivity contribution in [1.29, 1.82) is 0 Å². The van der Waals surface area contributed by atoms with Gasteiger partial charge in [0, 0.05) is 18.8 Å². The minimum atomic E-state index is -0.892. The van der Waals surface area contributed by atoms with E-state index in [9.17, 15) is 14.7 Å². The van der Waals surface area contributed by atoms with Crippen molar-refractivity contribution < 1.29 is 24.5 Å². The molecular formula is C33H30O5. The van der Waals surface area contributed by atoms with Crippen molar-refractivity contribution in [3.05, 3.63) is 119 Å². The maximum absolute atomic E-state index is 11.7. The predicted molar refractivity (Wildman–Crippen MR) is 147 cm³/mol. The lowest BCUT2D eigenvalue weighted by Crippen LogP contribution is -2.07. The normalized spacial score (nSPS) is 12.4. The van der Waals surface area contributed by atoms with Gasteiger partial charge in [-0.05, 0) is 62.9 Å². The Morgan fingerprint density at radius 1 is 0.737 bits per heavy atom. The highest BCUT2D eigenvalue weighted by molar-refractivity contribution is 5.79. The van der Waals surface area contributed by atoms with E-state index in [4.69, 9.17) is 9.84 Å². The highest BCUT2D eigenvalue weighted by atomic mass is 16.5. The van der Waals surface area contributed by atoms with Crippen molar-refractivity contribution in [3.63, 3.8) is 0 Å². The lowest BCUT2D eigenvalue weighted by molar-refractivity contribution is -0.145. The number of esters is 1. The van der Waals surface area contributed by atoms with Gasteiger partial charge in [0.05, 0.1) is 6.61 Å². The zero-order valence-corrected chi connectivity index (χ0v) is 21.1. The molecule has 4 aromatic rings. The molecule has 0 amide bonds. The molecule has 0 saturated carbocycles. The van der Waals surface area contributed by atoms with Crippen LogP contribution in [0.2, 0.25) is 0 Å². The van der Waals surface area contributed by atoms with E-state index in [-0.39, 0.29) is 37.9 Å². The summed E-state index contributed by atoms with van der Waals surface area (Å²) in [4.78, 5) is 22.1. The molecule has 0 heterocycles. The van der Waals surface area contributed by atoms with Crippen LogP contribution in [-0.4, -0.2) is 28.8 Å². The van der Waals surface area contributed by atoms with Crippen LogP contribution in [0.1, 0.15) is 53.0 Å². The van der Waals surface area contributed by atoms with Crippen molar-refractivity contribution in [2.75, 3.05) is 6.61 Å². The molecular weight excluding hydrogens is 476 g/mol. The summed E-state index contributed by atoms with van der Waals surface area (Å²) in [5.74, 6) is -1.08. The molecule has 2 aliphatic rings. The lowest BCUT2D eigenvalue weighted by atomic mass is 9.98. The van der Waals surface area contributed by atoms with E-state index in [1.165, 1.54) is 44.5 Å². The Balaban J connectivity index is 0.000000168. The van der Waals surface area contributed by atoms with Gasteiger partial charge in [-0.2, -0.15) is 0 Å². The van der Waals surface area contributed by atoms with E-state index in [1.54, 1.807) is 0 Å². The van der Waals surface area contributed by atoms with Crippen LogP contribution < -0.4 is 0 Å². The van der Waals surface area contributed by atoms with Crippen molar-refractivity contribution in [3.8, 4) is 22.3 Å². The summed E-state index contributed by atoms with van der Waals surface area (Å²) in [5, 5.41) is 18.0. The van der Waals surface area contributed by atoms with Crippen LogP contribution in [0.25, 0.3) is 22.3 Å². The highest BCUT2D eigenvalue weighted by Gasteiger charge is 2.26. The molecule has 0 spiro atoms. The van der Waals surface area contributed by atoms with E-state index in [1.807, 2.05) is 36.4 Å². The molecule has 2 N–H and O–H groups in total. The number of aliphatic hydroxyl groups excluding tert-OH is 1. The topological polar surface area (TPSA) is 83.8 Å². The van der Waals surface area contributed by atoms with E-state index < -0.39 is 5.97 Å². The first kappa shape index (κ1) is 25.4. The second kappa shape index (κ2) is 11.4. The number of aliphatic carboxylic acids is 1. The number of carboxylic acid groups (broad SMARTS) is 1. The molecule has 0 radical (unpaired) electrons. The Morgan fingerprint density at radius 3 is 2.00 bits per heavy atom. The Morgan fingerprint density at radius 2 is 1.34 bits per heavy atom. The van der Waals surface area contributed by atoms with Crippen LogP contribution in [-0.2, 0) is 27.4 Å². The van der Waals surface area contributed by atoms with Gasteiger partial charge in [-0.1, -0.05) is 91.0 Å². The van der Waals surface area contributed by atoms with Crippen molar-refractivity contribution in [1.82, 2.24) is 0 Å². The van der Waals surface area contributed by atoms with Crippen LogP contribution >= 0.6 is 0 Å². The number of ether oxygens (including phenoxy) is 1. The SMILES string of the molecule is O=C(O)CCCC(=O)OCc1cccc2c1Cc1ccccc1-2.OCC1c2ccccc2-c2ccccc21. The minimum Gasteiger partial charge on any atom is -0.481 e. The van der Waals surface area contributed by atoms with Gasteiger partial charge in [-0.3, -0.25) is 9.59 Å². The molecule has 0 atom stereocenters. The molecule has 0 fully saturated rings. The number of rotatable bonds is 7. The molecule has 4 aromatic carbocycles. The molecule has 0 saturated heterocycles. The monoisotopic (exact) mass is 506 g/mol. The van der Waals surface area contributed by atoms with Gasteiger partial charge in [0.1, 0.15) is 6.61 Å². The zero-order valence-electron chi connectivity index (χ0n) is 21.1. The number of hydrogen-bond donors (Lipinski definition) is 2. The first-order chi connectivity index (χ1) is 18.6. The molecule has 5 heteroatoms. The maximum atomic E-state index is 11.7. The number of fused-ring (bicyclic) bond motifs is 6. The molecule has 0 aliphatic heterocycles. The molecule has 5 nitrogen and oxygen atoms in total. The largest absolute Gasteiger partial charge is 0.481 e. The number of benzene rings is 4. The molecule has 38 heavy (non-hydrogen) atoms. The van der Waals surface area contributed by atoms with Gasteiger partial charge in [0.2, 0.25) is 0 Å². The predicted octanol–water partition coefficient (Wildman–Crippen LogP) is 6.35. The standard InChI is InChI=1S/C19H18O4.C14H12O/c20-18(21)9-4-10-19(22)23-12-14-6-3-8-16-15-7-2-1-5-13(15)11-17(14)16;15-9-14-12-7-3-1-5-10(12)11-6-2-4-8-13(11)14/h1-3,5-8H,4,9-12H2,(H,20,21);1-8,14-15H,9H2. The first-order valence-corrected chi connectivity index (χ1v) is 12.9. The summed E-state index contributed by atoms with van der Waals surface area (Å²) < 4.78 is 5.30. The Labute approximate surface area is 222 Å². The number of aliphatic hydroxyl groups is 1. The fourth-order valence-corrected chi connectivity index (χ4v) is 5.43. The third-order valence-corrected chi connectivity index (χ3v) is 7.25. The molecule has 0 bridgehead atoms. The van der Waals surface area contributed by atoms with E-state index in [0.717, 1.165) is 12.0 Å². The van der Waals surface area contributed by atoms with Gasteiger partial charge in [0.15, 0.2) is 0 Å². The third kappa shape index (κ3) is 5.24. The quantitative estimate of drug-likeness (QED) is 0.251. The molecule has 0 aromatic heterocycles. The summed E-state index contributed by atoms with van der Waals surface area (Å²) in [6.07, 6.45) is 1.30. The van der Waals surface area contributed by atoms with Crippen LogP contribution in [0, 0.1) is 0 Å². The lowest BCUT2D eigenvalue weighted by Gasteiger charge is -2.09. The minimum absolute atomic E-state index is 0.00879. The first-order valence-electron chi connectivity index (χ1n) is 12.9. The van der Waals surface area contributed by atoms with E-state index >= 15 is 0 Å². The summed E-state index contributed by atoms with van der Waals surface area (Å²) in [5.41, 5.74) is 11.0. The van der Waals surface area contributed by atoms with Crippen LogP contribution in [0.3, 0.4) is 0 Å². The molecule has 2 aliphatic carbocycles. The number of carbonyl (C=O) groups excluding carboxylic acids is 1. The zero-order chi connectivity index (χ0) is 26.5. The Hall–Kier alpha value is -4.22. The van der Waals surface area contributed by atoms with Crippen molar-refractivity contribution in [2.24, 2.45) is 0 Å². The van der Waals surface area contributed by atoms with E-state index in [0.29, 0.717) is 6.42 Å². The summed E-state index contributed by atoms with van der Waals surface area (Å²) in [6.45, 7) is 0.428. The summed E-state index contributed by atoms with van der Waals surface area (Å²) >= 11 is 0. The number of carbonyl (C=O) groups is 2. The van der Waals surface area contributed by atoms with Gasteiger partial charge in [0.25, 0.3) is 0 Å². The molecule has 6 rings (SSSR count). The molecule has 0 unspecified atom stereocenters. The second-order valence-electron chi connectivity index (χ2n) is 9.59. The average Bonchev–Trinajstić information content (AvgIpc) is 3.48. The van der Waals surface area contributed by atoms with Crippen molar-refractivity contribution in [2.45, 2.75) is 38.2 Å². The summed E-state index contributed by atoms with van der Waals surface area (Å²) in [6, 6.07) is 31.0. The molecule has 192 valence electrons. The van der Waals surface area contributed by atoms with Crippen LogP contribution in [0.4, 0.5) is 0 Å². The average molecular weight is 507 g/mol. The van der Waals surface area contributed by atoms with E-state index in [2.05, 4.69) is 54.6 Å². The Kier molecular flexibility index (Phi) is 7.66. The summed E-state index contributed by atoms with van der Waals surface area (Å²) in [7, 11) is 0. The highest BCUT2D eigenvalue weighted by Crippen LogP contribution is 2.44. The third-order valence-electron chi connectivity index (χ3n) is 7.25. The Bertz CT molecular complexity index is 1430. The second-order valence-corrected chi connectivity index (χ2v) is 9.59. The van der Waals surface area contributed by atoms with Crippen LogP contribution in [0.5, 0.6) is 0 Å². The fraction of sp³-hybridized carbons (Fsp3) is 0.212. The van der Waals surface area contributed by atoms with Gasteiger partial charge >= 0.3 is 11.9 Å². The number of hydrogen-bond acceptors (Lipinski definition) is 4. The fourth-order valence-electron chi connectivity index (χ4n) is 5.43. The smallest absolute Gasteiger partial charge is 0.306 e. The number of carboxylic acids is 1. The van der Waals surface area contributed by atoms with Crippen molar-refractivity contribution >= 4 is 11.9 Å². The van der Waals surface area contributed by atoms with Gasteiger partial charge in [-0.15, -0.1) is 0 Å². The maximum Gasteiger partial charge on any atom is 0.306 e.